The van der Waals surface area contributed by atoms with Crippen LogP contribution in [0.25, 0.3) is 0 Å². The van der Waals surface area contributed by atoms with Crippen molar-refractivity contribution in [1.29, 1.82) is 0 Å². The van der Waals surface area contributed by atoms with Crippen LogP contribution < -0.4 is 10.1 Å². The Morgan fingerprint density at radius 1 is 1.07 bits per heavy atom. The number of methoxy groups -OCH3 is 1. The second kappa shape index (κ2) is 11.1. The Balaban J connectivity index is 0.000000804. The van der Waals surface area contributed by atoms with Gasteiger partial charge in [-0.3, -0.25) is 14.4 Å². The molecule has 0 saturated carbocycles. The fourth-order valence-electron chi connectivity index (χ4n) is 2.04. The van der Waals surface area contributed by atoms with Crippen LogP contribution in [0.2, 0.25) is 0 Å². The minimum Gasteiger partial charge on any atom is -0.496 e. The number of nitrogens with zero attached hydrogens (tertiary/aromatic N) is 4. The van der Waals surface area contributed by atoms with Crippen LogP contribution >= 0.6 is 0 Å². The molecule has 0 saturated heterocycles. The van der Waals surface area contributed by atoms with Crippen LogP contribution in [0, 0.1) is 0 Å². The number of rotatable bonds is 6. The normalized spacial score (nSPS) is 9.50. The first-order valence-electron chi connectivity index (χ1n) is 8.49. The molecule has 0 atom stereocenters. The zero-order valence-corrected chi connectivity index (χ0v) is 17.2. The Morgan fingerprint density at radius 3 is 2.10 bits per heavy atom. The number of amides is 3. The van der Waals surface area contributed by atoms with Gasteiger partial charge in [-0.1, -0.05) is 0 Å². The highest BCUT2D eigenvalue weighted by molar-refractivity contribution is 6.09. The van der Waals surface area contributed by atoms with Gasteiger partial charge in [0.2, 0.25) is 6.41 Å². The SMILES string of the molecule is CN(C)C=O.COc1ccc(NC(=O)c2nccnc2C(=O)O)cc1C(=O)N(C)C. The molecule has 3 amide bonds. The molecule has 11 heteroatoms. The van der Waals surface area contributed by atoms with E-state index in [9.17, 15) is 19.2 Å². The van der Waals surface area contributed by atoms with E-state index in [-0.39, 0.29) is 22.9 Å². The highest BCUT2D eigenvalue weighted by Gasteiger charge is 2.21. The number of carbonyl (C=O) groups is 4. The quantitative estimate of drug-likeness (QED) is 0.659. The molecular formula is C19H23N5O6. The molecule has 0 spiro atoms. The molecule has 2 N–H and O–H groups in total. The van der Waals surface area contributed by atoms with Crippen molar-refractivity contribution in [3.63, 3.8) is 0 Å². The largest absolute Gasteiger partial charge is 0.496 e. The molecule has 160 valence electrons. The first kappa shape index (κ1) is 24.0. The van der Waals surface area contributed by atoms with Crippen LogP contribution in [0.3, 0.4) is 0 Å². The second-order valence-corrected chi connectivity index (χ2v) is 6.20. The van der Waals surface area contributed by atoms with E-state index in [1.165, 1.54) is 47.5 Å². The Morgan fingerprint density at radius 2 is 1.63 bits per heavy atom. The number of nitrogens with one attached hydrogen (secondary N) is 1. The minimum atomic E-state index is -1.36. The predicted molar refractivity (Wildman–Crippen MR) is 108 cm³/mol. The van der Waals surface area contributed by atoms with Crippen LogP contribution in [-0.4, -0.2) is 84.4 Å². The third-order valence-electron chi connectivity index (χ3n) is 3.42. The molecule has 0 fully saturated rings. The molecular weight excluding hydrogens is 394 g/mol. The summed E-state index contributed by atoms with van der Waals surface area (Å²) in [5.74, 6) is -2.07. The summed E-state index contributed by atoms with van der Waals surface area (Å²) in [4.78, 5) is 55.3. The van der Waals surface area contributed by atoms with Gasteiger partial charge in [0.05, 0.1) is 12.7 Å². The Labute approximate surface area is 173 Å². The molecule has 1 heterocycles. The lowest BCUT2D eigenvalue weighted by molar-refractivity contribution is -0.115. The molecule has 2 aromatic rings. The van der Waals surface area contributed by atoms with Gasteiger partial charge in [-0.15, -0.1) is 0 Å². The van der Waals surface area contributed by atoms with E-state index in [0.717, 1.165) is 6.41 Å². The van der Waals surface area contributed by atoms with Crippen molar-refractivity contribution in [2.24, 2.45) is 0 Å². The van der Waals surface area contributed by atoms with Gasteiger partial charge in [0, 0.05) is 46.3 Å². The van der Waals surface area contributed by atoms with E-state index in [0.29, 0.717) is 5.75 Å². The van der Waals surface area contributed by atoms with E-state index in [1.807, 2.05) is 0 Å². The second-order valence-electron chi connectivity index (χ2n) is 6.20. The lowest BCUT2D eigenvalue weighted by Gasteiger charge is -2.15. The van der Waals surface area contributed by atoms with Crippen molar-refractivity contribution in [2.45, 2.75) is 0 Å². The first-order valence-corrected chi connectivity index (χ1v) is 8.49. The van der Waals surface area contributed by atoms with Gasteiger partial charge in [0.1, 0.15) is 5.75 Å². The Bertz CT molecular complexity index is 929. The molecule has 30 heavy (non-hydrogen) atoms. The number of ether oxygens (including phenoxy) is 1. The maximum Gasteiger partial charge on any atom is 0.356 e. The minimum absolute atomic E-state index is 0.253. The number of carboxylic acids is 1. The zero-order chi connectivity index (χ0) is 22.8. The fraction of sp³-hybridized carbons (Fsp3) is 0.263. The van der Waals surface area contributed by atoms with Crippen LogP contribution in [0.4, 0.5) is 5.69 Å². The standard InChI is InChI=1S/C16H16N4O5.C3H7NO/c1-20(2)15(22)10-8-9(4-5-11(10)25-3)19-14(21)12-13(16(23)24)18-7-6-17-12;1-4(2)3-5/h4-8H,1-3H3,(H,19,21)(H,23,24);3H,1-2H3. The molecule has 0 aliphatic carbocycles. The highest BCUT2D eigenvalue weighted by atomic mass is 16.5. The molecule has 1 aromatic carbocycles. The van der Waals surface area contributed by atoms with Gasteiger partial charge in [-0.25, -0.2) is 14.8 Å². The van der Waals surface area contributed by atoms with Gasteiger partial charge < -0.3 is 25.0 Å². The summed E-state index contributed by atoms with van der Waals surface area (Å²) in [6.45, 7) is 0. The molecule has 0 aliphatic rings. The molecule has 2 rings (SSSR count). The van der Waals surface area contributed by atoms with Crippen molar-refractivity contribution >= 4 is 29.9 Å². The molecule has 0 aliphatic heterocycles. The van der Waals surface area contributed by atoms with Crippen LogP contribution in [0.1, 0.15) is 31.3 Å². The van der Waals surface area contributed by atoms with E-state index in [2.05, 4.69) is 15.3 Å². The van der Waals surface area contributed by atoms with Gasteiger partial charge in [0.25, 0.3) is 11.8 Å². The van der Waals surface area contributed by atoms with Crippen LogP contribution in [0.5, 0.6) is 5.75 Å². The summed E-state index contributed by atoms with van der Waals surface area (Å²) in [7, 11) is 7.98. The molecule has 1 aromatic heterocycles. The van der Waals surface area contributed by atoms with Gasteiger partial charge in [-0.2, -0.15) is 0 Å². The Kier molecular flexibility index (Phi) is 8.88. The average molecular weight is 417 g/mol. The van der Waals surface area contributed by atoms with E-state index >= 15 is 0 Å². The van der Waals surface area contributed by atoms with Gasteiger partial charge >= 0.3 is 5.97 Å². The Hall–Kier alpha value is -4.02. The number of carboxylic acid groups (broad SMARTS) is 1. The number of aromatic carboxylic acids is 1. The summed E-state index contributed by atoms with van der Waals surface area (Å²) >= 11 is 0. The summed E-state index contributed by atoms with van der Waals surface area (Å²) in [5.41, 5.74) is -0.245. The summed E-state index contributed by atoms with van der Waals surface area (Å²) in [5, 5.41) is 11.6. The first-order chi connectivity index (χ1) is 14.1. The third-order valence-corrected chi connectivity index (χ3v) is 3.42. The van der Waals surface area contributed by atoms with Crippen molar-refractivity contribution < 1.29 is 29.0 Å². The maximum absolute atomic E-state index is 12.3. The highest BCUT2D eigenvalue weighted by Crippen LogP contribution is 2.24. The smallest absolute Gasteiger partial charge is 0.356 e. The molecule has 0 unspecified atom stereocenters. The third kappa shape index (κ3) is 6.55. The topological polar surface area (TPSA) is 142 Å². The number of anilines is 1. The maximum atomic E-state index is 12.3. The summed E-state index contributed by atoms with van der Waals surface area (Å²) < 4.78 is 5.15. The van der Waals surface area contributed by atoms with Crippen molar-refractivity contribution in [1.82, 2.24) is 19.8 Å². The van der Waals surface area contributed by atoms with Gasteiger partial charge in [-0.05, 0) is 18.2 Å². The van der Waals surface area contributed by atoms with E-state index in [4.69, 9.17) is 9.84 Å². The number of benzene rings is 1. The monoisotopic (exact) mass is 417 g/mol. The lowest BCUT2D eigenvalue weighted by atomic mass is 10.1. The van der Waals surface area contributed by atoms with Crippen LogP contribution in [0.15, 0.2) is 30.6 Å². The number of hydrogen-bond donors (Lipinski definition) is 2. The van der Waals surface area contributed by atoms with Crippen LogP contribution in [-0.2, 0) is 4.79 Å². The fourth-order valence-corrected chi connectivity index (χ4v) is 2.04. The van der Waals surface area contributed by atoms with Crippen molar-refractivity contribution in [2.75, 3.05) is 40.6 Å². The molecule has 11 nitrogen and oxygen atoms in total. The number of hydrogen-bond acceptors (Lipinski definition) is 7. The summed E-state index contributed by atoms with van der Waals surface area (Å²) in [6.07, 6.45) is 3.15. The number of carbonyl (C=O) groups excluding carboxylic acids is 3. The van der Waals surface area contributed by atoms with Crippen molar-refractivity contribution in [3.8, 4) is 5.75 Å². The van der Waals surface area contributed by atoms with Gasteiger partial charge in [0.15, 0.2) is 11.4 Å². The molecule has 0 bridgehead atoms. The number of aromatic nitrogens is 2. The van der Waals surface area contributed by atoms with Crippen molar-refractivity contribution in [3.05, 3.63) is 47.5 Å². The lowest BCUT2D eigenvalue weighted by Crippen LogP contribution is -2.23. The predicted octanol–water partition coefficient (Wildman–Crippen LogP) is 0.842. The van der Waals surface area contributed by atoms with E-state index < -0.39 is 17.6 Å². The molecule has 0 radical (unpaired) electrons. The average Bonchev–Trinajstić information content (AvgIpc) is 2.73. The zero-order valence-electron chi connectivity index (χ0n) is 17.2. The van der Waals surface area contributed by atoms with E-state index in [1.54, 1.807) is 28.2 Å². The summed E-state index contributed by atoms with van der Waals surface area (Å²) in [6, 6.07) is 4.50.